The molecule has 1 aromatic rings. The number of amides is 1. The molecule has 2 aliphatic carbocycles. The maximum absolute atomic E-state index is 13.2. The lowest BCUT2D eigenvalue weighted by Crippen LogP contribution is -2.53. The third-order valence-electron chi connectivity index (χ3n) is 4.92. The van der Waals surface area contributed by atoms with Gasteiger partial charge in [-0.3, -0.25) is 4.79 Å². The first-order valence-electron chi connectivity index (χ1n) is 7.66. The maximum Gasteiger partial charge on any atom is 0.251 e. The zero-order valence-corrected chi connectivity index (χ0v) is 13.3. The monoisotopic (exact) mass is 348 g/mol. The molecule has 0 heterocycles. The van der Waals surface area contributed by atoms with Crippen LogP contribution in [0.3, 0.4) is 0 Å². The van der Waals surface area contributed by atoms with E-state index in [0.717, 1.165) is 44.2 Å². The van der Waals surface area contributed by atoms with Gasteiger partial charge in [-0.2, -0.15) is 0 Å². The number of nitrogens with two attached hydrogens (primary N) is 1. The summed E-state index contributed by atoms with van der Waals surface area (Å²) in [7, 11) is 0. The van der Waals surface area contributed by atoms with Gasteiger partial charge in [-0.15, -0.1) is 12.4 Å². The largest absolute Gasteiger partial charge is 0.349 e. The highest BCUT2D eigenvalue weighted by Crippen LogP contribution is 2.39. The molecule has 128 valence electrons. The van der Waals surface area contributed by atoms with E-state index in [1.165, 1.54) is 0 Å². The van der Waals surface area contributed by atoms with E-state index in [-0.39, 0.29) is 30.1 Å². The van der Waals surface area contributed by atoms with Crippen LogP contribution in [-0.2, 0) is 0 Å². The smallest absolute Gasteiger partial charge is 0.251 e. The summed E-state index contributed by atoms with van der Waals surface area (Å²) >= 11 is 0. The summed E-state index contributed by atoms with van der Waals surface area (Å²) in [6.07, 6.45) is 4.83. The minimum Gasteiger partial charge on any atom is -0.349 e. The molecule has 2 unspecified atom stereocenters. The van der Waals surface area contributed by atoms with Crippen molar-refractivity contribution in [3.8, 4) is 0 Å². The molecule has 0 radical (unpaired) electrons. The Bertz CT molecular complexity index is 562. The van der Waals surface area contributed by atoms with E-state index >= 15 is 0 Å². The maximum atomic E-state index is 13.2. The first-order chi connectivity index (χ1) is 10.5. The highest BCUT2D eigenvalue weighted by Gasteiger charge is 2.40. The van der Waals surface area contributed by atoms with Crippen molar-refractivity contribution < 1.29 is 18.0 Å². The zero-order chi connectivity index (χ0) is 15.9. The summed E-state index contributed by atoms with van der Waals surface area (Å²) in [5, 5.41) is 2.88. The number of carbonyl (C=O) groups is 1. The number of nitrogens with one attached hydrogen (secondary N) is 1. The van der Waals surface area contributed by atoms with Crippen LogP contribution in [0.25, 0.3) is 0 Å². The predicted octanol–water partition coefficient (Wildman–Crippen LogP) is 3.16. The lowest BCUT2D eigenvalue weighted by molar-refractivity contribution is 0.0755. The van der Waals surface area contributed by atoms with Crippen LogP contribution in [0.2, 0.25) is 0 Å². The Morgan fingerprint density at radius 3 is 2.13 bits per heavy atom. The topological polar surface area (TPSA) is 55.1 Å². The molecular weight excluding hydrogens is 329 g/mol. The Kier molecular flexibility index (Phi) is 5.57. The first-order valence-corrected chi connectivity index (χ1v) is 7.66. The van der Waals surface area contributed by atoms with Gasteiger partial charge in [0.15, 0.2) is 17.5 Å². The number of carbonyl (C=O) groups excluding carboxylic acids is 1. The van der Waals surface area contributed by atoms with Crippen LogP contribution in [0, 0.1) is 29.3 Å². The predicted molar refractivity (Wildman–Crippen MR) is 82.9 cm³/mol. The summed E-state index contributed by atoms with van der Waals surface area (Å²) in [6, 6.07) is 1.61. The second-order valence-corrected chi connectivity index (χ2v) is 6.44. The molecule has 1 aromatic carbocycles. The summed E-state index contributed by atoms with van der Waals surface area (Å²) in [5.74, 6) is -4.21. The van der Waals surface area contributed by atoms with Crippen LogP contribution >= 0.6 is 12.4 Å². The Labute approximate surface area is 139 Å². The van der Waals surface area contributed by atoms with Crippen LogP contribution in [-0.4, -0.2) is 18.0 Å². The van der Waals surface area contributed by atoms with Crippen molar-refractivity contribution in [3.05, 3.63) is 35.1 Å². The van der Waals surface area contributed by atoms with E-state index in [1.54, 1.807) is 0 Å². The average molecular weight is 349 g/mol. The first kappa shape index (κ1) is 18.1. The van der Waals surface area contributed by atoms with E-state index in [1.807, 2.05) is 0 Å². The van der Waals surface area contributed by atoms with Crippen molar-refractivity contribution in [2.45, 2.75) is 44.2 Å². The van der Waals surface area contributed by atoms with E-state index in [4.69, 9.17) is 5.73 Å². The Balaban J connectivity index is 0.00000192. The van der Waals surface area contributed by atoms with Crippen molar-refractivity contribution in [3.63, 3.8) is 0 Å². The Hall–Kier alpha value is -1.27. The Morgan fingerprint density at radius 1 is 1.09 bits per heavy atom. The van der Waals surface area contributed by atoms with Gasteiger partial charge in [-0.05, 0) is 49.7 Å². The van der Waals surface area contributed by atoms with Gasteiger partial charge in [0.2, 0.25) is 0 Å². The van der Waals surface area contributed by atoms with Gasteiger partial charge in [0.1, 0.15) is 0 Å². The van der Waals surface area contributed by atoms with Gasteiger partial charge < -0.3 is 11.1 Å². The molecule has 2 aliphatic rings. The molecule has 2 bridgehead atoms. The van der Waals surface area contributed by atoms with Crippen LogP contribution in [0.1, 0.15) is 42.5 Å². The van der Waals surface area contributed by atoms with Gasteiger partial charge in [-0.1, -0.05) is 6.42 Å². The molecule has 0 aromatic heterocycles. The second kappa shape index (κ2) is 7.09. The second-order valence-electron chi connectivity index (χ2n) is 6.44. The average Bonchev–Trinajstić information content (AvgIpc) is 2.45. The molecule has 3 nitrogen and oxygen atoms in total. The van der Waals surface area contributed by atoms with Crippen molar-refractivity contribution in [2.75, 3.05) is 0 Å². The number of hydrogen-bond acceptors (Lipinski definition) is 2. The van der Waals surface area contributed by atoms with Crippen molar-refractivity contribution in [2.24, 2.45) is 17.6 Å². The van der Waals surface area contributed by atoms with Gasteiger partial charge in [0.25, 0.3) is 5.91 Å². The van der Waals surface area contributed by atoms with E-state index in [9.17, 15) is 18.0 Å². The normalized spacial score (nSPS) is 29.6. The number of fused-ring (bicyclic) bond motifs is 2. The number of rotatable bonds is 2. The van der Waals surface area contributed by atoms with E-state index < -0.39 is 23.4 Å². The number of halogens is 4. The SMILES string of the molecule is Cl.NC1CC2CCCC(C1)C2NC(=O)c1cc(F)c(F)c(F)c1. The number of hydrogen-bond donors (Lipinski definition) is 2. The molecule has 3 N–H and O–H groups in total. The Morgan fingerprint density at radius 2 is 1.61 bits per heavy atom. The molecule has 3 rings (SSSR count). The molecule has 2 fully saturated rings. The van der Waals surface area contributed by atoms with Gasteiger partial charge >= 0.3 is 0 Å². The molecule has 2 saturated carbocycles. The highest BCUT2D eigenvalue weighted by atomic mass is 35.5. The van der Waals surface area contributed by atoms with Crippen molar-refractivity contribution >= 4 is 18.3 Å². The minimum atomic E-state index is -1.56. The fourth-order valence-corrected chi connectivity index (χ4v) is 3.95. The lowest BCUT2D eigenvalue weighted by Gasteiger charge is -2.45. The summed E-state index contributed by atoms with van der Waals surface area (Å²) in [4.78, 5) is 12.2. The molecule has 2 atom stereocenters. The quantitative estimate of drug-likeness (QED) is 0.807. The van der Waals surface area contributed by atoms with Crippen LogP contribution < -0.4 is 11.1 Å². The van der Waals surface area contributed by atoms with E-state index in [0.29, 0.717) is 11.8 Å². The molecule has 0 saturated heterocycles. The molecule has 7 heteroatoms. The third-order valence-corrected chi connectivity index (χ3v) is 4.92. The van der Waals surface area contributed by atoms with Gasteiger partial charge in [0.05, 0.1) is 0 Å². The van der Waals surface area contributed by atoms with Crippen molar-refractivity contribution in [1.82, 2.24) is 5.32 Å². The molecule has 1 amide bonds. The summed E-state index contributed by atoms with van der Waals surface area (Å²) in [5.41, 5.74) is 5.84. The fourth-order valence-electron chi connectivity index (χ4n) is 3.95. The van der Waals surface area contributed by atoms with Gasteiger partial charge in [-0.25, -0.2) is 13.2 Å². The third kappa shape index (κ3) is 3.63. The standard InChI is InChI=1S/C16H19F3N2O.ClH/c17-12-6-10(7-13(18)14(12)19)16(22)21-15-8-2-1-3-9(15)5-11(20)4-8;/h6-9,11,15H,1-5,20H2,(H,21,22);1H. The zero-order valence-electron chi connectivity index (χ0n) is 12.5. The van der Waals surface area contributed by atoms with E-state index in [2.05, 4.69) is 5.32 Å². The highest BCUT2D eigenvalue weighted by molar-refractivity contribution is 5.94. The van der Waals surface area contributed by atoms with Crippen LogP contribution in [0.15, 0.2) is 12.1 Å². The molecular formula is C16H20ClF3N2O. The van der Waals surface area contributed by atoms with Crippen molar-refractivity contribution in [1.29, 1.82) is 0 Å². The van der Waals surface area contributed by atoms with Gasteiger partial charge in [0, 0.05) is 17.6 Å². The fraction of sp³-hybridized carbons (Fsp3) is 0.562. The molecule has 23 heavy (non-hydrogen) atoms. The summed E-state index contributed by atoms with van der Waals surface area (Å²) < 4.78 is 39.5. The molecule has 0 spiro atoms. The summed E-state index contributed by atoms with van der Waals surface area (Å²) in [6.45, 7) is 0. The van der Waals surface area contributed by atoms with Crippen LogP contribution in [0.4, 0.5) is 13.2 Å². The minimum absolute atomic E-state index is 0. The number of benzene rings is 1. The lowest BCUT2D eigenvalue weighted by atomic mass is 9.67. The molecule has 0 aliphatic heterocycles. The van der Waals surface area contributed by atoms with Crippen LogP contribution in [0.5, 0.6) is 0 Å².